The Morgan fingerprint density at radius 3 is 1.94 bits per heavy atom. The summed E-state index contributed by atoms with van der Waals surface area (Å²) in [5.41, 5.74) is 10.9. The lowest BCUT2D eigenvalue weighted by molar-refractivity contribution is -0.142. The van der Waals surface area contributed by atoms with Gasteiger partial charge in [-0.15, -0.1) is 0 Å². The van der Waals surface area contributed by atoms with Crippen molar-refractivity contribution in [1.82, 2.24) is 16.0 Å². The second-order valence-corrected chi connectivity index (χ2v) is 8.62. The molecule has 0 spiro atoms. The fourth-order valence-corrected chi connectivity index (χ4v) is 3.11. The highest BCUT2D eigenvalue weighted by molar-refractivity contribution is 7.80. The summed E-state index contributed by atoms with van der Waals surface area (Å²) in [5.74, 6) is -4.08. The van der Waals surface area contributed by atoms with Crippen LogP contribution in [-0.4, -0.2) is 64.6 Å². The van der Waals surface area contributed by atoms with E-state index in [1.807, 2.05) is 20.8 Å². The van der Waals surface area contributed by atoms with E-state index in [2.05, 4.69) is 28.6 Å². The molecule has 0 aliphatic heterocycles. The van der Waals surface area contributed by atoms with Gasteiger partial charge in [0, 0.05) is 12.2 Å². The predicted molar refractivity (Wildman–Crippen MR) is 123 cm³/mol. The van der Waals surface area contributed by atoms with Gasteiger partial charge in [0.2, 0.25) is 23.6 Å². The van der Waals surface area contributed by atoms with Crippen molar-refractivity contribution in [2.45, 2.75) is 77.5 Å². The molecule has 5 unspecified atom stereocenters. The largest absolute Gasteiger partial charge is 0.480 e. The molecule has 0 aromatic rings. The van der Waals surface area contributed by atoms with Gasteiger partial charge in [-0.05, 0) is 24.7 Å². The number of carboxylic acid groups (broad SMARTS) is 1. The molecule has 0 saturated carbocycles. The maximum Gasteiger partial charge on any atom is 0.326 e. The quantitative estimate of drug-likeness (QED) is 0.150. The molecular weight excluding hydrogens is 438 g/mol. The summed E-state index contributed by atoms with van der Waals surface area (Å²) in [5, 5.41) is 16.7. The fourth-order valence-electron chi connectivity index (χ4n) is 2.85. The molecule has 11 nitrogen and oxygen atoms in total. The number of hydrogen-bond donors (Lipinski definition) is 7. The lowest BCUT2D eigenvalue weighted by Crippen LogP contribution is -2.59. The van der Waals surface area contributed by atoms with E-state index in [0.717, 1.165) is 0 Å². The maximum absolute atomic E-state index is 12.9. The van der Waals surface area contributed by atoms with Gasteiger partial charge >= 0.3 is 5.97 Å². The first-order valence-corrected chi connectivity index (χ1v) is 11.3. The molecule has 0 aromatic carbocycles. The summed E-state index contributed by atoms with van der Waals surface area (Å²) >= 11 is 4.07. The molecule has 5 atom stereocenters. The molecule has 0 heterocycles. The van der Waals surface area contributed by atoms with Crippen LogP contribution in [0.3, 0.4) is 0 Å². The van der Waals surface area contributed by atoms with Crippen molar-refractivity contribution in [2.24, 2.45) is 23.3 Å². The van der Waals surface area contributed by atoms with E-state index < -0.39 is 53.8 Å². The van der Waals surface area contributed by atoms with E-state index in [9.17, 15) is 29.1 Å². The van der Waals surface area contributed by atoms with Gasteiger partial charge in [-0.25, -0.2) is 4.79 Å². The highest BCUT2D eigenvalue weighted by Gasteiger charge is 2.32. The Morgan fingerprint density at radius 2 is 1.50 bits per heavy atom. The standard InChI is InChI=1S/C20H37N5O6S/c1-5-11(4)16(25-17(27)12(21)8-10(2)3)19(29)24-14(9-32)18(28)23-13(20(30)31)6-7-15(22)26/h10-14,16,32H,5-9,21H2,1-4H3,(H2,22,26)(H,23,28)(H,24,29)(H,25,27)(H,30,31). The molecule has 0 radical (unpaired) electrons. The maximum atomic E-state index is 12.9. The molecular formula is C20H37N5O6S. The Hall–Kier alpha value is -2.34. The Labute approximate surface area is 194 Å². The highest BCUT2D eigenvalue weighted by Crippen LogP contribution is 2.10. The van der Waals surface area contributed by atoms with Crippen molar-refractivity contribution < 1.29 is 29.1 Å². The van der Waals surface area contributed by atoms with Crippen LogP contribution in [0.5, 0.6) is 0 Å². The molecule has 184 valence electrons. The minimum absolute atomic E-state index is 0.117. The van der Waals surface area contributed by atoms with Crippen molar-refractivity contribution >= 4 is 42.2 Å². The lowest BCUT2D eigenvalue weighted by Gasteiger charge is -2.27. The average molecular weight is 476 g/mol. The number of primary amides is 1. The fraction of sp³-hybridized carbons (Fsp3) is 0.750. The Morgan fingerprint density at radius 1 is 0.938 bits per heavy atom. The lowest BCUT2D eigenvalue weighted by atomic mass is 9.96. The van der Waals surface area contributed by atoms with Gasteiger partial charge in [0.1, 0.15) is 18.1 Å². The molecule has 4 amide bonds. The Bertz CT molecular complexity index is 675. The molecule has 0 fully saturated rings. The van der Waals surface area contributed by atoms with Crippen molar-refractivity contribution in [3.8, 4) is 0 Å². The van der Waals surface area contributed by atoms with Gasteiger partial charge in [0.05, 0.1) is 6.04 Å². The van der Waals surface area contributed by atoms with E-state index in [1.165, 1.54) is 0 Å². The Kier molecular flexibility index (Phi) is 13.6. The molecule has 0 saturated heterocycles. The summed E-state index contributed by atoms with van der Waals surface area (Å²) in [4.78, 5) is 60.1. The van der Waals surface area contributed by atoms with Crippen LogP contribution in [0.1, 0.15) is 53.4 Å². The number of amides is 4. The van der Waals surface area contributed by atoms with E-state index >= 15 is 0 Å². The van der Waals surface area contributed by atoms with Crippen LogP contribution >= 0.6 is 12.6 Å². The first-order valence-electron chi connectivity index (χ1n) is 10.6. The topological polar surface area (TPSA) is 194 Å². The zero-order chi connectivity index (χ0) is 25.0. The number of nitrogens with one attached hydrogen (secondary N) is 3. The molecule has 8 N–H and O–H groups in total. The number of carbonyl (C=O) groups excluding carboxylic acids is 4. The molecule has 0 rings (SSSR count). The Balaban J connectivity index is 5.28. The van der Waals surface area contributed by atoms with Crippen LogP contribution in [0.15, 0.2) is 0 Å². The van der Waals surface area contributed by atoms with Gasteiger partial charge in [0.25, 0.3) is 0 Å². The SMILES string of the molecule is CCC(C)C(NC(=O)C(N)CC(C)C)C(=O)NC(CS)C(=O)NC(CCC(N)=O)C(=O)O. The van der Waals surface area contributed by atoms with Crippen molar-refractivity contribution in [3.05, 3.63) is 0 Å². The second-order valence-electron chi connectivity index (χ2n) is 8.26. The minimum Gasteiger partial charge on any atom is -0.480 e. The molecule has 0 aromatic heterocycles. The van der Waals surface area contributed by atoms with Gasteiger partial charge < -0.3 is 32.5 Å². The molecule has 0 bridgehead atoms. The summed E-state index contributed by atoms with van der Waals surface area (Å²) in [6.07, 6.45) is 0.602. The van der Waals surface area contributed by atoms with Crippen LogP contribution in [0.4, 0.5) is 0 Å². The normalized spacial score (nSPS) is 15.7. The molecule has 0 aliphatic rings. The summed E-state index contributed by atoms with van der Waals surface area (Å²) in [7, 11) is 0. The summed E-state index contributed by atoms with van der Waals surface area (Å²) < 4.78 is 0. The zero-order valence-electron chi connectivity index (χ0n) is 19.1. The molecule has 0 aliphatic carbocycles. The average Bonchev–Trinajstić information content (AvgIpc) is 2.70. The zero-order valence-corrected chi connectivity index (χ0v) is 20.0. The monoisotopic (exact) mass is 475 g/mol. The second kappa shape index (κ2) is 14.7. The number of hydrogen-bond acceptors (Lipinski definition) is 7. The van der Waals surface area contributed by atoms with E-state index in [0.29, 0.717) is 12.8 Å². The number of carbonyl (C=O) groups is 5. The summed E-state index contributed by atoms with van der Waals surface area (Å²) in [6.45, 7) is 7.48. The van der Waals surface area contributed by atoms with Crippen molar-refractivity contribution in [1.29, 1.82) is 0 Å². The third kappa shape index (κ3) is 10.8. The van der Waals surface area contributed by atoms with Crippen molar-refractivity contribution in [3.63, 3.8) is 0 Å². The number of nitrogens with two attached hydrogens (primary N) is 2. The van der Waals surface area contributed by atoms with Crippen LogP contribution in [0.2, 0.25) is 0 Å². The smallest absolute Gasteiger partial charge is 0.326 e. The molecule has 12 heteroatoms. The third-order valence-corrected chi connectivity index (χ3v) is 5.33. The summed E-state index contributed by atoms with van der Waals surface area (Å²) in [6, 6.07) is -4.23. The third-order valence-electron chi connectivity index (χ3n) is 4.96. The first-order chi connectivity index (χ1) is 14.8. The van der Waals surface area contributed by atoms with E-state index in [4.69, 9.17) is 11.5 Å². The van der Waals surface area contributed by atoms with Crippen molar-refractivity contribution in [2.75, 3.05) is 5.75 Å². The predicted octanol–water partition coefficient (Wildman–Crippen LogP) is -0.860. The number of aliphatic carboxylic acids is 1. The molecule has 32 heavy (non-hydrogen) atoms. The minimum atomic E-state index is -1.35. The van der Waals surface area contributed by atoms with Gasteiger partial charge in [-0.3, -0.25) is 19.2 Å². The van der Waals surface area contributed by atoms with Crippen LogP contribution < -0.4 is 27.4 Å². The van der Waals surface area contributed by atoms with E-state index in [1.54, 1.807) is 6.92 Å². The van der Waals surface area contributed by atoms with Crippen LogP contribution in [-0.2, 0) is 24.0 Å². The van der Waals surface area contributed by atoms with Gasteiger partial charge in [-0.2, -0.15) is 12.6 Å². The number of thiol groups is 1. The van der Waals surface area contributed by atoms with Crippen LogP contribution in [0.25, 0.3) is 0 Å². The number of rotatable bonds is 15. The van der Waals surface area contributed by atoms with E-state index in [-0.39, 0.29) is 30.4 Å². The highest BCUT2D eigenvalue weighted by atomic mass is 32.1. The van der Waals surface area contributed by atoms with Gasteiger partial charge in [0.15, 0.2) is 0 Å². The first kappa shape index (κ1) is 29.7. The van der Waals surface area contributed by atoms with Gasteiger partial charge in [-0.1, -0.05) is 34.1 Å². The van der Waals surface area contributed by atoms with Crippen LogP contribution in [0, 0.1) is 11.8 Å². The number of carboxylic acids is 1.